The van der Waals surface area contributed by atoms with Crippen LogP contribution in [-0.2, 0) is 19.3 Å². The summed E-state index contributed by atoms with van der Waals surface area (Å²) in [6, 6.07) is 11.8. The van der Waals surface area contributed by atoms with Crippen molar-refractivity contribution in [2.24, 2.45) is 0 Å². The van der Waals surface area contributed by atoms with Gasteiger partial charge in [0.05, 0.1) is 0 Å². The Morgan fingerprint density at radius 2 is 1.82 bits per heavy atom. The van der Waals surface area contributed by atoms with Gasteiger partial charge in [0, 0.05) is 0 Å². The van der Waals surface area contributed by atoms with E-state index in [0.717, 1.165) is 24.8 Å². The molecule has 1 aliphatic carbocycles. The summed E-state index contributed by atoms with van der Waals surface area (Å²) in [7, 11) is 0. The molecule has 0 heterocycles. The summed E-state index contributed by atoms with van der Waals surface area (Å²) in [5.41, 5.74) is 4.24. The Labute approximate surface area is 131 Å². The fourth-order valence-electron chi connectivity index (χ4n) is 3.40. The quantitative estimate of drug-likeness (QED) is 0.691. The Hall–Kier alpha value is -1.70. The molecular formula is C20H22F2. The molecule has 0 saturated heterocycles. The number of rotatable bonds is 4. The van der Waals surface area contributed by atoms with Crippen molar-refractivity contribution in [1.29, 1.82) is 0 Å². The van der Waals surface area contributed by atoms with E-state index in [4.69, 9.17) is 0 Å². The van der Waals surface area contributed by atoms with Crippen LogP contribution in [0.2, 0.25) is 0 Å². The molecule has 0 spiro atoms. The monoisotopic (exact) mass is 300 g/mol. The average molecular weight is 300 g/mol. The van der Waals surface area contributed by atoms with Gasteiger partial charge in [-0.1, -0.05) is 43.7 Å². The van der Waals surface area contributed by atoms with Crippen molar-refractivity contribution in [2.45, 2.75) is 51.4 Å². The largest absolute Gasteiger partial charge is 0.204 e. The summed E-state index contributed by atoms with van der Waals surface area (Å²) in [6.45, 7) is 2.20. The Morgan fingerprint density at radius 1 is 1.05 bits per heavy atom. The first-order valence-electron chi connectivity index (χ1n) is 8.23. The summed E-state index contributed by atoms with van der Waals surface area (Å²) in [4.78, 5) is 0. The van der Waals surface area contributed by atoms with E-state index in [1.54, 1.807) is 6.07 Å². The first-order chi connectivity index (χ1) is 10.7. The van der Waals surface area contributed by atoms with Gasteiger partial charge in [-0.05, 0) is 66.3 Å². The Balaban J connectivity index is 1.75. The van der Waals surface area contributed by atoms with Gasteiger partial charge >= 0.3 is 0 Å². The molecule has 116 valence electrons. The smallest absolute Gasteiger partial charge is 0.162 e. The number of aryl methyl sites for hydroxylation is 1. The van der Waals surface area contributed by atoms with Crippen LogP contribution in [0.3, 0.4) is 0 Å². The maximum atomic E-state index is 13.8. The second-order valence-electron chi connectivity index (χ2n) is 6.28. The number of halogens is 2. The fraction of sp³-hybridized carbons (Fsp3) is 0.400. The van der Waals surface area contributed by atoms with Crippen molar-refractivity contribution in [3.8, 4) is 0 Å². The van der Waals surface area contributed by atoms with Crippen molar-refractivity contribution in [3.05, 3.63) is 70.3 Å². The van der Waals surface area contributed by atoms with E-state index >= 15 is 0 Å². The predicted molar refractivity (Wildman–Crippen MR) is 86.2 cm³/mol. The Kier molecular flexibility index (Phi) is 4.56. The molecule has 1 aliphatic rings. The maximum Gasteiger partial charge on any atom is 0.162 e. The summed E-state index contributed by atoms with van der Waals surface area (Å²) in [6.07, 6.45) is 5.89. The van der Waals surface area contributed by atoms with Gasteiger partial charge in [0.1, 0.15) is 0 Å². The number of fused-ring (bicyclic) bond motifs is 1. The van der Waals surface area contributed by atoms with Gasteiger partial charge in [0.15, 0.2) is 11.6 Å². The molecule has 0 aromatic heterocycles. The lowest BCUT2D eigenvalue weighted by Crippen LogP contribution is -2.15. The third-order valence-corrected chi connectivity index (χ3v) is 4.77. The summed E-state index contributed by atoms with van der Waals surface area (Å²) >= 11 is 0. The van der Waals surface area contributed by atoms with Crippen molar-refractivity contribution in [1.82, 2.24) is 0 Å². The van der Waals surface area contributed by atoms with E-state index in [-0.39, 0.29) is 0 Å². The molecule has 22 heavy (non-hydrogen) atoms. The summed E-state index contributed by atoms with van der Waals surface area (Å²) in [5, 5.41) is 0. The van der Waals surface area contributed by atoms with Crippen molar-refractivity contribution in [2.75, 3.05) is 0 Å². The molecule has 2 aromatic rings. The maximum absolute atomic E-state index is 13.8. The topological polar surface area (TPSA) is 0 Å². The van der Waals surface area contributed by atoms with Gasteiger partial charge in [-0.2, -0.15) is 0 Å². The summed E-state index contributed by atoms with van der Waals surface area (Å²) < 4.78 is 27.1. The van der Waals surface area contributed by atoms with Gasteiger partial charge in [-0.15, -0.1) is 0 Å². The highest BCUT2D eigenvalue weighted by Crippen LogP contribution is 2.34. The molecule has 3 rings (SSSR count). The minimum atomic E-state index is -0.725. The lowest BCUT2D eigenvalue weighted by molar-refractivity contribution is 0.478. The zero-order chi connectivity index (χ0) is 15.5. The normalized spacial score (nSPS) is 17.3. The first kappa shape index (κ1) is 15.2. The van der Waals surface area contributed by atoms with Crippen molar-refractivity contribution >= 4 is 0 Å². The molecular weight excluding hydrogens is 278 g/mol. The van der Waals surface area contributed by atoms with Gasteiger partial charge in [-0.25, -0.2) is 8.78 Å². The Morgan fingerprint density at radius 3 is 2.55 bits per heavy atom. The average Bonchev–Trinajstić information content (AvgIpc) is 2.56. The highest BCUT2D eigenvalue weighted by Gasteiger charge is 2.23. The lowest BCUT2D eigenvalue weighted by Gasteiger charge is -2.25. The van der Waals surface area contributed by atoms with Gasteiger partial charge in [0.25, 0.3) is 0 Å². The van der Waals surface area contributed by atoms with E-state index in [2.05, 4.69) is 31.2 Å². The summed E-state index contributed by atoms with van der Waals surface area (Å²) in [5.74, 6) is -0.957. The lowest BCUT2D eigenvalue weighted by atomic mass is 9.80. The second-order valence-corrected chi connectivity index (χ2v) is 6.28. The van der Waals surface area contributed by atoms with Crippen molar-refractivity contribution in [3.63, 3.8) is 0 Å². The predicted octanol–water partition coefficient (Wildman–Crippen LogP) is 5.58. The van der Waals surface area contributed by atoms with E-state index in [1.165, 1.54) is 30.0 Å². The third-order valence-electron chi connectivity index (χ3n) is 4.77. The van der Waals surface area contributed by atoms with Crippen LogP contribution in [0.4, 0.5) is 8.78 Å². The van der Waals surface area contributed by atoms with Gasteiger partial charge in [0.2, 0.25) is 0 Å². The molecule has 1 unspecified atom stereocenters. The van der Waals surface area contributed by atoms with Crippen LogP contribution in [0.25, 0.3) is 0 Å². The second kappa shape index (κ2) is 6.60. The number of unbranched alkanes of at least 4 members (excludes halogenated alkanes) is 1. The SMILES string of the molecule is CCCCc1ccc(C2CCc3c(ccc(F)c3F)C2)cc1. The fourth-order valence-corrected chi connectivity index (χ4v) is 3.40. The van der Waals surface area contributed by atoms with E-state index < -0.39 is 11.6 Å². The zero-order valence-electron chi connectivity index (χ0n) is 13.0. The molecule has 2 heteroatoms. The highest BCUT2D eigenvalue weighted by atomic mass is 19.2. The van der Waals surface area contributed by atoms with Gasteiger partial charge < -0.3 is 0 Å². The first-order valence-corrected chi connectivity index (χ1v) is 8.23. The minimum Gasteiger partial charge on any atom is -0.204 e. The molecule has 0 fully saturated rings. The van der Waals surface area contributed by atoms with Gasteiger partial charge in [-0.3, -0.25) is 0 Å². The standard InChI is InChI=1S/C20H22F2/c1-2-3-4-14-5-7-15(8-6-14)16-9-11-18-17(13-16)10-12-19(21)20(18)22/h5-8,10,12,16H,2-4,9,11,13H2,1H3. The minimum absolute atomic E-state index is 0.414. The zero-order valence-corrected chi connectivity index (χ0v) is 13.0. The molecule has 0 nitrogen and oxygen atoms in total. The molecule has 0 amide bonds. The van der Waals surface area contributed by atoms with Crippen LogP contribution >= 0.6 is 0 Å². The number of hydrogen-bond acceptors (Lipinski definition) is 0. The molecule has 0 bridgehead atoms. The van der Waals surface area contributed by atoms with Crippen LogP contribution in [0.5, 0.6) is 0 Å². The molecule has 2 aromatic carbocycles. The molecule has 0 radical (unpaired) electrons. The van der Waals surface area contributed by atoms with E-state index in [9.17, 15) is 8.78 Å². The molecule has 0 saturated carbocycles. The van der Waals surface area contributed by atoms with Crippen LogP contribution in [0.15, 0.2) is 36.4 Å². The number of hydrogen-bond donors (Lipinski definition) is 0. The molecule has 0 N–H and O–H groups in total. The van der Waals surface area contributed by atoms with E-state index in [0.29, 0.717) is 17.9 Å². The van der Waals surface area contributed by atoms with E-state index in [1.807, 2.05) is 0 Å². The van der Waals surface area contributed by atoms with Crippen LogP contribution in [0.1, 0.15) is 54.4 Å². The van der Waals surface area contributed by atoms with Crippen molar-refractivity contribution < 1.29 is 8.78 Å². The van der Waals surface area contributed by atoms with Crippen LogP contribution < -0.4 is 0 Å². The Bertz CT molecular complexity index is 644. The number of benzene rings is 2. The highest BCUT2D eigenvalue weighted by molar-refractivity contribution is 5.36. The molecule has 1 atom stereocenters. The van der Waals surface area contributed by atoms with Crippen LogP contribution in [-0.4, -0.2) is 0 Å². The van der Waals surface area contributed by atoms with Crippen LogP contribution in [0, 0.1) is 11.6 Å². The molecule has 0 aliphatic heterocycles. The third kappa shape index (κ3) is 3.06.